The average Bonchev–Trinajstić information content (AvgIpc) is 2.47. The zero-order chi connectivity index (χ0) is 15.4. The zero-order valence-electron chi connectivity index (χ0n) is 13.0. The van der Waals surface area contributed by atoms with E-state index in [1.165, 1.54) is 6.20 Å². The molecule has 1 amide bonds. The van der Waals surface area contributed by atoms with Crippen LogP contribution in [0.1, 0.15) is 19.4 Å². The SMILES string of the molecule is Cc1cc[n+]([O-])c(N2CCN(C(=O)C=CC(C)C)CC2)c1. The Bertz CT molecular complexity index is 532. The van der Waals surface area contributed by atoms with Crippen molar-refractivity contribution in [3.8, 4) is 0 Å². The molecule has 21 heavy (non-hydrogen) atoms. The van der Waals surface area contributed by atoms with Gasteiger partial charge in [0.05, 0.1) is 19.3 Å². The number of pyridine rings is 1. The Morgan fingerprint density at radius 1 is 1.33 bits per heavy atom. The third-order valence-electron chi connectivity index (χ3n) is 3.59. The van der Waals surface area contributed by atoms with Crippen LogP contribution >= 0.6 is 0 Å². The highest BCUT2D eigenvalue weighted by atomic mass is 16.5. The number of allylic oxidation sites excluding steroid dienone is 1. The largest absolute Gasteiger partial charge is 0.711 e. The molecule has 0 unspecified atom stereocenters. The van der Waals surface area contributed by atoms with Crippen LogP contribution in [-0.4, -0.2) is 37.0 Å². The van der Waals surface area contributed by atoms with Crippen LogP contribution in [0.5, 0.6) is 0 Å². The molecule has 5 nitrogen and oxygen atoms in total. The number of hydrogen-bond donors (Lipinski definition) is 0. The highest BCUT2D eigenvalue weighted by molar-refractivity contribution is 5.87. The Kier molecular flexibility index (Phi) is 4.83. The first-order chi connectivity index (χ1) is 9.97. The van der Waals surface area contributed by atoms with Crippen molar-refractivity contribution in [1.82, 2.24) is 4.90 Å². The average molecular weight is 289 g/mol. The number of carbonyl (C=O) groups excluding carboxylic acids is 1. The highest BCUT2D eigenvalue weighted by Crippen LogP contribution is 2.13. The number of piperazine rings is 1. The summed E-state index contributed by atoms with van der Waals surface area (Å²) >= 11 is 0. The van der Waals surface area contributed by atoms with Gasteiger partial charge in [0, 0.05) is 6.07 Å². The number of amides is 1. The number of nitrogens with zero attached hydrogens (tertiary/aromatic N) is 3. The molecule has 0 aliphatic carbocycles. The van der Waals surface area contributed by atoms with Gasteiger partial charge in [-0.1, -0.05) is 19.9 Å². The summed E-state index contributed by atoms with van der Waals surface area (Å²) < 4.78 is 0.892. The lowest BCUT2D eigenvalue weighted by molar-refractivity contribution is -0.592. The second-order valence-electron chi connectivity index (χ2n) is 5.80. The third-order valence-corrected chi connectivity index (χ3v) is 3.59. The van der Waals surface area contributed by atoms with Gasteiger partial charge in [0.25, 0.3) is 5.82 Å². The molecular formula is C16H23N3O2. The molecule has 2 heterocycles. The maximum atomic E-state index is 12.0. The summed E-state index contributed by atoms with van der Waals surface area (Å²) in [6.45, 7) is 8.74. The van der Waals surface area contributed by atoms with Crippen LogP contribution in [-0.2, 0) is 4.79 Å². The lowest BCUT2D eigenvalue weighted by Gasteiger charge is -2.31. The molecule has 0 atom stereocenters. The maximum Gasteiger partial charge on any atom is 0.279 e. The number of aryl methyl sites for hydroxylation is 1. The van der Waals surface area contributed by atoms with E-state index in [1.54, 1.807) is 12.1 Å². The standard InChI is InChI=1S/C16H23N3O2/c1-13(2)4-5-16(20)18-10-8-17(9-11-18)15-12-14(3)6-7-19(15)21/h4-7,12-13H,8-11H2,1-3H3. The van der Waals surface area contributed by atoms with Crippen LogP contribution < -0.4 is 9.63 Å². The van der Waals surface area contributed by atoms with E-state index >= 15 is 0 Å². The highest BCUT2D eigenvalue weighted by Gasteiger charge is 2.25. The van der Waals surface area contributed by atoms with E-state index in [0.717, 1.165) is 10.3 Å². The molecular weight excluding hydrogens is 266 g/mol. The summed E-state index contributed by atoms with van der Waals surface area (Å²) in [6, 6.07) is 3.69. The second kappa shape index (κ2) is 6.61. The fourth-order valence-electron chi connectivity index (χ4n) is 2.34. The zero-order valence-corrected chi connectivity index (χ0v) is 13.0. The monoisotopic (exact) mass is 289 g/mol. The molecule has 0 N–H and O–H groups in total. The topological polar surface area (TPSA) is 50.5 Å². The Morgan fingerprint density at radius 3 is 2.62 bits per heavy atom. The van der Waals surface area contributed by atoms with Crippen LogP contribution in [0.4, 0.5) is 5.82 Å². The smallest absolute Gasteiger partial charge is 0.279 e. The minimum Gasteiger partial charge on any atom is -0.711 e. The number of hydrogen-bond acceptors (Lipinski definition) is 3. The van der Waals surface area contributed by atoms with Gasteiger partial charge in [-0.2, -0.15) is 0 Å². The van der Waals surface area contributed by atoms with Gasteiger partial charge >= 0.3 is 0 Å². The Balaban J connectivity index is 1.97. The summed E-state index contributed by atoms with van der Waals surface area (Å²) in [5.41, 5.74) is 1.07. The van der Waals surface area contributed by atoms with Crippen molar-refractivity contribution < 1.29 is 9.52 Å². The van der Waals surface area contributed by atoms with Gasteiger partial charge in [0.1, 0.15) is 13.1 Å². The fourth-order valence-corrected chi connectivity index (χ4v) is 2.34. The van der Waals surface area contributed by atoms with Crippen molar-refractivity contribution >= 4 is 11.7 Å². The van der Waals surface area contributed by atoms with E-state index in [9.17, 15) is 10.0 Å². The first kappa shape index (κ1) is 15.4. The lowest BCUT2D eigenvalue weighted by atomic mass is 10.2. The molecule has 1 aromatic heterocycles. The van der Waals surface area contributed by atoms with E-state index in [0.29, 0.717) is 37.9 Å². The van der Waals surface area contributed by atoms with Crippen LogP contribution in [0.25, 0.3) is 0 Å². The number of carbonyl (C=O) groups is 1. The minimum absolute atomic E-state index is 0.0580. The van der Waals surface area contributed by atoms with Crippen LogP contribution in [0.2, 0.25) is 0 Å². The van der Waals surface area contributed by atoms with E-state index < -0.39 is 0 Å². The molecule has 0 saturated carbocycles. The number of rotatable bonds is 3. The van der Waals surface area contributed by atoms with Gasteiger partial charge in [0.15, 0.2) is 0 Å². The molecule has 1 aliphatic rings. The molecule has 0 aromatic carbocycles. The van der Waals surface area contributed by atoms with Crippen molar-refractivity contribution in [2.24, 2.45) is 5.92 Å². The van der Waals surface area contributed by atoms with Crippen molar-refractivity contribution in [1.29, 1.82) is 0 Å². The molecule has 0 radical (unpaired) electrons. The van der Waals surface area contributed by atoms with E-state index in [-0.39, 0.29) is 5.91 Å². The van der Waals surface area contributed by atoms with Crippen molar-refractivity contribution in [3.63, 3.8) is 0 Å². The number of aromatic nitrogens is 1. The van der Waals surface area contributed by atoms with Gasteiger partial charge < -0.3 is 10.1 Å². The van der Waals surface area contributed by atoms with Crippen LogP contribution in [0.15, 0.2) is 30.5 Å². The minimum atomic E-state index is 0.0580. The summed E-state index contributed by atoms with van der Waals surface area (Å²) in [4.78, 5) is 15.9. The maximum absolute atomic E-state index is 12.0. The van der Waals surface area contributed by atoms with Gasteiger partial charge in [-0.3, -0.25) is 9.69 Å². The van der Waals surface area contributed by atoms with Gasteiger partial charge in [-0.15, -0.1) is 0 Å². The van der Waals surface area contributed by atoms with Crippen LogP contribution in [0.3, 0.4) is 0 Å². The Hall–Kier alpha value is -2.04. The molecule has 0 spiro atoms. The van der Waals surface area contributed by atoms with Crippen molar-refractivity contribution in [3.05, 3.63) is 41.3 Å². The molecule has 1 aromatic rings. The summed E-state index contributed by atoms with van der Waals surface area (Å²) in [6.07, 6.45) is 5.11. The van der Waals surface area contributed by atoms with Gasteiger partial charge in [-0.25, -0.2) is 4.73 Å². The summed E-state index contributed by atoms with van der Waals surface area (Å²) in [5, 5.41) is 11.8. The molecule has 2 rings (SSSR count). The second-order valence-corrected chi connectivity index (χ2v) is 5.80. The number of anilines is 1. The quantitative estimate of drug-likeness (QED) is 0.481. The predicted molar refractivity (Wildman–Crippen MR) is 82.9 cm³/mol. The van der Waals surface area contributed by atoms with E-state index in [2.05, 4.69) is 0 Å². The first-order valence-corrected chi connectivity index (χ1v) is 7.39. The summed E-state index contributed by atoms with van der Waals surface area (Å²) in [5.74, 6) is 1.10. The molecule has 1 aliphatic heterocycles. The first-order valence-electron chi connectivity index (χ1n) is 7.39. The third kappa shape index (κ3) is 3.97. The van der Waals surface area contributed by atoms with E-state index in [1.807, 2.05) is 42.7 Å². The fraction of sp³-hybridized carbons (Fsp3) is 0.500. The Morgan fingerprint density at radius 2 is 2.00 bits per heavy atom. The van der Waals surface area contributed by atoms with Gasteiger partial charge in [0.2, 0.25) is 5.91 Å². The molecule has 0 bridgehead atoms. The molecule has 5 heteroatoms. The van der Waals surface area contributed by atoms with Gasteiger partial charge in [-0.05, 0) is 30.5 Å². The summed E-state index contributed by atoms with van der Waals surface area (Å²) in [7, 11) is 0. The van der Waals surface area contributed by atoms with Crippen molar-refractivity contribution in [2.45, 2.75) is 20.8 Å². The predicted octanol–water partition coefficient (Wildman–Crippen LogP) is 1.49. The van der Waals surface area contributed by atoms with Crippen LogP contribution in [0, 0.1) is 18.0 Å². The van der Waals surface area contributed by atoms with Crippen molar-refractivity contribution in [2.75, 3.05) is 31.1 Å². The molecule has 114 valence electrons. The normalized spacial score (nSPS) is 16.0. The Labute approximate surface area is 126 Å². The lowest BCUT2D eigenvalue weighted by Crippen LogP contribution is -2.51. The molecule has 1 saturated heterocycles. The molecule has 1 fully saturated rings. The van der Waals surface area contributed by atoms with E-state index in [4.69, 9.17) is 0 Å².